The zero-order valence-corrected chi connectivity index (χ0v) is 15.4. The molecule has 9 nitrogen and oxygen atoms in total. The number of nitro groups is 1. The van der Waals surface area contributed by atoms with Crippen molar-refractivity contribution in [3.63, 3.8) is 0 Å². The van der Waals surface area contributed by atoms with E-state index in [0.29, 0.717) is 23.0 Å². The molecular weight excluding hydrogens is 372 g/mol. The highest BCUT2D eigenvalue weighted by Crippen LogP contribution is 2.19. The Bertz CT molecular complexity index is 774. The molecule has 1 saturated heterocycles. The number of aromatic nitrogens is 1. The van der Waals surface area contributed by atoms with Crippen molar-refractivity contribution >= 4 is 22.9 Å². The van der Waals surface area contributed by atoms with Gasteiger partial charge in [0.1, 0.15) is 23.1 Å². The lowest BCUT2D eigenvalue weighted by Crippen LogP contribution is -2.41. The molecule has 0 bridgehead atoms. The van der Waals surface area contributed by atoms with E-state index in [-0.39, 0.29) is 18.2 Å². The Morgan fingerprint density at radius 2 is 2.07 bits per heavy atom. The lowest BCUT2D eigenvalue weighted by atomic mass is 10.3. The molecule has 0 atom stereocenters. The van der Waals surface area contributed by atoms with Gasteiger partial charge >= 0.3 is 0 Å². The molecule has 1 fully saturated rings. The molecule has 1 amide bonds. The summed E-state index contributed by atoms with van der Waals surface area (Å²) in [4.78, 5) is 28.9. The second kappa shape index (κ2) is 9.40. The molecule has 27 heavy (non-hydrogen) atoms. The van der Waals surface area contributed by atoms with E-state index in [0.717, 1.165) is 32.8 Å². The summed E-state index contributed by atoms with van der Waals surface area (Å²) in [5.74, 6) is 0.299. The number of hydrogen-bond acceptors (Lipinski definition) is 8. The van der Waals surface area contributed by atoms with Crippen LogP contribution in [0.3, 0.4) is 0 Å². The van der Waals surface area contributed by atoms with Crippen molar-refractivity contribution in [3.8, 4) is 5.75 Å². The van der Waals surface area contributed by atoms with Crippen molar-refractivity contribution in [1.29, 1.82) is 0 Å². The van der Waals surface area contributed by atoms with Gasteiger partial charge in [0.05, 0.1) is 18.1 Å². The minimum Gasteiger partial charge on any atom is -0.486 e. The van der Waals surface area contributed by atoms with Crippen molar-refractivity contribution in [3.05, 3.63) is 50.5 Å². The molecule has 1 aromatic carbocycles. The van der Waals surface area contributed by atoms with Crippen LogP contribution in [0.2, 0.25) is 0 Å². The Morgan fingerprint density at radius 3 is 2.78 bits per heavy atom. The summed E-state index contributed by atoms with van der Waals surface area (Å²) in [6, 6.07) is 5.82. The van der Waals surface area contributed by atoms with Gasteiger partial charge in [0.25, 0.3) is 11.6 Å². The van der Waals surface area contributed by atoms with Crippen LogP contribution in [-0.4, -0.2) is 60.1 Å². The molecular formula is C17H20N4O5S. The number of thiazole rings is 1. The SMILES string of the molecule is O=C(NCCN1CCOCC1)c1csc(COc2ccc([N+](=O)[O-])cc2)n1. The maximum atomic E-state index is 12.2. The predicted octanol–water partition coefficient (Wildman–Crippen LogP) is 1.69. The van der Waals surface area contributed by atoms with Crippen LogP contribution >= 0.6 is 11.3 Å². The number of non-ortho nitro benzene ring substituents is 1. The van der Waals surface area contributed by atoms with Crippen molar-refractivity contribution in [2.24, 2.45) is 0 Å². The zero-order valence-electron chi connectivity index (χ0n) is 14.6. The summed E-state index contributed by atoms with van der Waals surface area (Å²) in [5, 5.41) is 15.9. The van der Waals surface area contributed by atoms with Gasteiger partial charge in [-0.2, -0.15) is 0 Å². The van der Waals surface area contributed by atoms with Crippen molar-refractivity contribution in [1.82, 2.24) is 15.2 Å². The molecule has 0 saturated carbocycles. The van der Waals surface area contributed by atoms with E-state index in [9.17, 15) is 14.9 Å². The molecule has 1 aliphatic heterocycles. The monoisotopic (exact) mass is 392 g/mol. The summed E-state index contributed by atoms with van der Waals surface area (Å²) in [6.45, 7) is 4.79. The molecule has 1 aromatic heterocycles. The number of ether oxygens (including phenoxy) is 2. The molecule has 2 aromatic rings. The summed E-state index contributed by atoms with van der Waals surface area (Å²) >= 11 is 1.33. The van der Waals surface area contributed by atoms with Crippen molar-refractivity contribution in [2.75, 3.05) is 39.4 Å². The lowest BCUT2D eigenvalue weighted by Gasteiger charge is -2.26. The van der Waals surface area contributed by atoms with E-state index in [1.165, 1.54) is 35.6 Å². The zero-order chi connectivity index (χ0) is 19.1. The summed E-state index contributed by atoms with van der Waals surface area (Å²) in [6.07, 6.45) is 0. The van der Waals surface area contributed by atoms with Crippen LogP contribution in [0, 0.1) is 10.1 Å². The molecule has 1 aliphatic rings. The first-order valence-electron chi connectivity index (χ1n) is 8.52. The fourth-order valence-corrected chi connectivity index (χ4v) is 3.22. The maximum absolute atomic E-state index is 12.2. The third kappa shape index (κ3) is 5.71. The van der Waals surface area contributed by atoms with Crippen molar-refractivity contribution in [2.45, 2.75) is 6.61 Å². The molecule has 2 heterocycles. The fourth-order valence-electron chi connectivity index (χ4n) is 2.53. The van der Waals surface area contributed by atoms with E-state index in [1.807, 2.05) is 0 Å². The quantitative estimate of drug-likeness (QED) is 0.538. The van der Waals surface area contributed by atoms with Gasteiger partial charge in [-0.3, -0.25) is 19.8 Å². The number of carbonyl (C=O) groups is 1. The van der Waals surface area contributed by atoms with Gasteiger partial charge < -0.3 is 14.8 Å². The fraction of sp³-hybridized carbons (Fsp3) is 0.412. The first-order valence-corrected chi connectivity index (χ1v) is 9.40. The molecule has 0 unspecified atom stereocenters. The van der Waals surface area contributed by atoms with Crippen LogP contribution in [0.15, 0.2) is 29.6 Å². The van der Waals surface area contributed by atoms with Crippen LogP contribution < -0.4 is 10.1 Å². The minimum atomic E-state index is -0.464. The molecule has 10 heteroatoms. The van der Waals surface area contributed by atoms with Gasteiger partial charge in [-0.15, -0.1) is 11.3 Å². The number of nitrogens with zero attached hydrogens (tertiary/aromatic N) is 3. The first kappa shape index (κ1) is 19.2. The molecule has 3 rings (SSSR count). The molecule has 1 N–H and O–H groups in total. The Morgan fingerprint density at radius 1 is 1.33 bits per heavy atom. The van der Waals surface area contributed by atoms with Crippen LogP contribution in [0.25, 0.3) is 0 Å². The number of nitrogens with one attached hydrogen (secondary N) is 1. The number of rotatable bonds is 8. The standard InChI is InChI=1S/C17H20N4O5S/c22-17(18-5-6-20-7-9-25-10-8-20)15-12-27-16(19-15)11-26-14-3-1-13(2-4-14)21(23)24/h1-4,12H,5-11H2,(H,18,22). The lowest BCUT2D eigenvalue weighted by molar-refractivity contribution is -0.384. The van der Waals surface area contributed by atoms with E-state index in [2.05, 4.69) is 15.2 Å². The van der Waals surface area contributed by atoms with Gasteiger partial charge in [-0.25, -0.2) is 4.98 Å². The average Bonchev–Trinajstić information content (AvgIpc) is 3.17. The van der Waals surface area contributed by atoms with Crippen LogP contribution in [0.4, 0.5) is 5.69 Å². The second-order valence-corrected chi connectivity index (χ2v) is 6.82. The van der Waals surface area contributed by atoms with Gasteiger partial charge in [0, 0.05) is 43.7 Å². The number of morpholine rings is 1. The molecule has 144 valence electrons. The highest BCUT2D eigenvalue weighted by atomic mass is 32.1. The first-order chi connectivity index (χ1) is 13.1. The summed E-state index contributed by atoms with van der Waals surface area (Å²) < 4.78 is 10.8. The van der Waals surface area contributed by atoms with Gasteiger partial charge in [0.15, 0.2) is 0 Å². The number of hydrogen-bond donors (Lipinski definition) is 1. The topological polar surface area (TPSA) is 107 Å². The largest absolute Gasteiger partial charge is 0.486 e. The Hall–Kier alpha value is -2.56. The average molecular weight is 392 g/mol. The van der Waals surface area contributed by atoms with Gasteiger partial charge in [-0.1, -0.05) is 0 Å². The van der Waals surface area contributed by atoms with E-state index in [1.54, 1.807) is 5.38 Å². The number of benzene rings is 1. The molecule has 0 radical (unpaired) electrons. The number of amides is 1. The minimum absolute atomic E-state index is 0.00707. The van der Waals surface area contributed by atoms with E-state index < -0.39 is 4.92 Å². The highest BCUT2D eigenvalue weighted by Gasteiger charge is 2.13. The maximum Gasteiger partial charge on any atom is 0.270 e. The second-order valence-electron chi connectivity index (χ2n) is 5.88. The van der Waals surface area contributed by atoms with Crippen LogP contribution in [0.1, 0.15) is 15.5 Å². The van der Waals surface area contributed by atoms with E-state index in [4.69, 9.17) is 9.47 Å². The van der Waals surface area contributed by atoms with Gasteiger partial charge in [0.2, 0.25) is 0 Å². The Kier molecular flexibility index (Phi) is 6.69. The van der Waals surface area contributed by atoms with Gasteiger partial charge in [-0.05, 0) is 12.1 Å². The summed E-state index contributed by atoms with van der Waals surface area (Å²) in [5.41, 5.74) is 0.372. The third-order valence-corrected chi connectivity index (χ3v) is 4.83. The predicted molar refractivity (Wildman–Crippen MR) is 99.1 cm³/mol. The van der Waals surface area contributed by atoms with E-state index >= 15 is 0 Å². The number of carbonyl (C=O) groups excluding carboxylic acids is 1. The molecule has 0 aliphatic carbocycles. The third-order valence-electron chi connectivity index (χ3n) is 4.01. The Balaban J connectivity index is 1.43. The number of nitro benzene ring substituents is 1. The van der Waals surface area contributed by atoms with Crippen molar-refractivity contribution < 1.29 is 19.2 Å². The molecule has 0 spiro atoms. The smallest absolute Gasteiger partial charge is 0.270 e. The highest BCUT2D eigenvalue weighted by molar-refractivity contribution is 7.09. The normalized spacial score (nSPS) is 14.7. The van der Waals surface area contributed by atoms with Crippen LogP contribution in [-0.2, 0) is 11.3 Å². The summed E-state index contributed by atoms with van der Waals surface area (Å²) in [7, 11) is 0. The Labute approximate surface area is 160 Å². The van der Waals surface area contributed by atoms with Crippen LogP contribution in [0.5, 0.6) is 5.75 Å².